The second kappa shape index (κ2) is 8.72. The summed E-state index contributed by atoms with van der Waals surface area (Å²) in [6.07, 6.45) is 6.62. The Kier molecular flexibility index (Phi) is 8.38. The van der Waals surface area contributed by atoms with Crippen LogP contribution in [-0.2, 0) is 4.79 Å². The van der Waals surface area contributed by atoms with Gasteiger partial charge in [-0.3, -0.25) is 4.79 Å². The molecule has 0 bridgehead atoms. The molecule has 15 heavy (non-hydrogen) atoms. The first-order chi connectivity index (χ1) is 7.15. The van der Waals surface area contributed by atoms with Crippen molar-refractivity contribution in [2.45, 2.75) is 71.4 Å². The topological polar surface area (TPSA) is 55.1 Å². The van der Waals surface area contributed by atoms with Crippen LogP contribution in [-0.4, -0.2) is 18.0 Å². The first-order valence-electron chi connectivity index (χ1n) is 6.20. The van der Waals surface area contributed by atoms with Crippen LogP contribution in [0.4, 0.5) is 0 Å². The third-order valence-electron chi connectivity index (χ3n) is 2.73. The molecule has 0 aromatic carbocycles. The summed E-state index contributed by atoms with van der Waals surface area (Å²) in [6.45, 7) is 6.35. The predicted octanol–water partition coefficient (Wildman–Crippen LogP) is 2.20. The van der Waals surface area contributed by atoms with Gasteiger partial charge in [-0.25, -0.2) is 0 Å². The van der Waals surface area contributed by atoms with E-state index in [-0.39, 0.29) is 11.9 Å². The SMILES string of the molecule is CCCCC(CCC)NC(CC)C(N)=O. The van der Waals surface area contributed by atoms with E-state index in [1.165, 1.54) is 12.8 Å². The van der Waals surface area contributed by atoms with Crippen LogP contribution in [0.5, 0.6) is 0 Å². The Balaban J connectivity index is 4.05. The molecule has 0 aromatic rings. The summed E-state index contributed by atoms with van der Waals surface area (Å²) in [5.74, 6) is -0.227. The standard InChI is InChI=1S/C12H26N2O/c1-4-7-9-10(8-5-2)14-11(6-3)12(13)15/h10-11,14H,4-9H2,1-3H3,(H2,13,15). The summed E-state index contributed by atoms with van der Waals surface area (Å²) in [4.78, 5) is 11.1. The van der Waals surface area contributed by atoms with E-state index in [2.05, 4.69) is 19.2 Å². The fourth-order valence-corrected chi connectivity index (χ4v) is 1.80. The van der Waals surface area contributed by atoms with Crippen molar-refractivity contribution in [2.75, 3.05) is 0 Å². The number of nitrogens with two attached hydrogens (primary N) is 1. The smallest absolute Gasteiger partial charge is 0.234 e. The van der Waals surface area contributed by atoms with Gasteiger partial charge in [-0.1, -0.05) is 40.0 Å². The lowest BCUT2D eigenvalue weighted by Crippen LogP contribution is -2.46. The van der Waals surface area contributed by atoms with Crippen molar-refractivity contribution >= 4 is 5.91 Å². The van der Waals surface area contributed by atoms with E-state index in [4.69, 9.17) is 5.73 Å². The van der Waals surface area contributed by atoms with E-state index in [0.717, 1.165) is 25.7 Å². The van der Waals surface area contributed by atoms with Crippen molar-refractivity contribution < 1.29 is 4.79 Å². The van der Waals surface area contributed by atoms with Crippen molar-refractivity contribution in [2.24, 2.45) is 5.73 Å². The minimum absolute atomic E-state index is 0.154. The van der Waals surface area contributed by atoms with Crippen molar-refractivity contribution in [3.05, 3.63) is 0 Å². The normalized spacial score (nSPS) is 14.9. The number of primary amides is 1. The highest BCUT2D eigenvalue weighted by Crippen LogP contribution is 2.08. The minimum atomic E-state index is -0.227. The Bertz CT molecular complexity index is 171. The molecule has 2 atom stereocenters. The van der Waals surface area contributed by atoms with Gasteiger partial charge in [0.05, 0.1) is 6.04 Å². The summed E-state index contributed by atoms with van der Waals surface area (Å²) < 4.78 is 0. The Morgan fingerprint density at radius 1 is 1.20 bits per heavy atom. The molecule has 1 amide bonds. The number of amides is 1. The van der Waals surface area contributed by atoms with Gasteiger partial charge in [-0.15, -0.1) is 0 Å². The summed E-state index contributed by atoms with van der Waals surface area (Å²) in [7, 11) is 0. The number of rotatable bonds is 9. The molecule has 90 valence electrons. The summed E-state index contributed by atoms with van der Waals surface area (Å²) >= 11 is 0. The molecule has 0 aromatic heterocycles. The van der Waals surface area contributed by atoms with E-state index in [9.17, 15) is 4.79 Å². The fraction of sp³-hybridized carbons (Fsp3) is 0.917. The van der Waals surface area contributed by atoms with Gasteiger partial charge in [0, 0.05) is 6.04 Å². The van der Waals surface area contributed by atoms with E-state index in [1.54, 1.807) is 0 Å². The van der Waals surface area contributed by atoms with Gasteiger partial charge in [-0.2, -0.15) is 0 Å². The van der Waals surface area contributed by atoms with Crippen molar-refractivity contribution in [3.63, 3.8) is 0 Å². The first-order valence-corrected chi connectivity index (χ1v) is 6.20. The molecule has 3 heteroatoms. The lowest BCUT2D eigenvalue weighted by atomic mass is 10.0. The summed E-state index contributed by atoms with van der Waals surface area (Å²) in [6, 6.07) is 0.297. The molecule has 0 spiro atoms. The number of carbonyl (C=O) groups is 1. The zero-order valence-corrected chi connectivity index (χ0v) is 10.4. The third kappa shape index (κ3) is 6.50. The Morgan fingerprint density at radius 3 is 2.27 bits per heavy atom. The molecule has 0 saturated carbocycles. The van der Waals surface area contributed by atoms with Crippen LogP contribution in [0.2, 0.25) is 0 Å². The van der Waals surface area contributed by atoms with E-state index >= 15 is 0 Å². The lowest BCUT2D eigenvalue weighted by Gasteiger charge is -2.22. The number of unbranched alkanes of at least 4 members (excludes halogenated alkanes) is 1. The highest BCUT2D eigenvalue weighted by Gasteiger charge is 2.16. The highest BCUT2D eigenvalue weighted by molar-refractivity contribution is 5.79. The van der Waals surface area contributed by atoms with Gasteiger partial charge in [0.2, 0.25) is 5.91 Å². The molecular weight excluding hydrogens is 188 g/mol. The van der Waals surface area contributed by atoms with Crippen LogP contribution >= 0.6 is 0 Å². The molecule has 0 heterocycles. The number of hydrogen-bond acceptors (Lipinski definition) is 2. The summed E-state index contributed by atoms with van der Waals surface area (Å²) in [5, 5.41) is 3.36. The van der Waals surface area contributed by atoms with Crippen LogP contribution in [0.15, 0.2) is 0 Å². The molecule has 0 rings (SSSR count). The average molecular weight is 214 g/mol. The second-order valence-corrected chi connectivity index (χ2v) is 4.16. The quantitative estimate of drug-likeness (QED) is 0.618. The molecule has 2 unspecified atom stereocenters. The zero-order valence-electron chi connectivity index (χ0n) is 10.4. The van der Waals surface area contributed by atoms with E-state index < -0.39 is 0 Å². The third-order valence-corrected chi connectivity index (χ3v) is 2.73. The summed E-state index contributed by atoms with van der Waals surface area (Å²) in [5.41, 5.74) is 5.32. The Hall–Kier alpha value is -0.570. The van der Waals surface area contributed by atoms with Gasteiger partial charge < -0.3 is 11.1 Å². The van der Waals surface area contributed by atoms with Gasteiger partial charge in [0.25, 0.3) is 0 Å². The van der Waals surface area contributed by atoms with Crippen LogP contribution < -0.4 is 11.1 Å². The molecule has 3 nitrogen and oxygen atoms in total. The zero-order chi connectivity index (χ0) is 11.7. The van der Waals surface area contributed by atoms with Crippen LogP contribution in [0.1, 0.15) is 59.3 Å². The van der Waals surface area contributed by atoms with Gasteiger partial charge in [0.1, 0.15) is 0 Å². The van der Waals surface area contributed by atoms with E-state index in [0.29, 0.717) is 6.04 Å². The molecule has 0 radical (unpaired) electrons. The maximum Gasteiger partial charge on any atom is 0.234 e. The lowest BCUT2D eigenvalue weighted by molar-refractivity contribution is -0.120. The molecule has 0 fully saturated rings. The van der Waals surface area contributed by atoms with Crippen LogP contribution in [0, 0.1) is 0 Å². The maximum absolute atomic E-state index is 11.1. The first kappa shape index (κ1) is 14.4. The molecule has 0 aliphatic heterocycles. The van der Waals surface area contributed by atoms with Crippen molar-refractivity contribution in [1.29, 1.82) is 0 Å². The monoisotopic (exact) mass is 214 g/mol. The predicted molar refractivity (Wildman–Crippen MR) is 64.6 cm³/mol. The van der Waals surface area contributed by atoms with Gasteiger partial charge >= 0.3 is 0 Å². The van der Waals surface area contributed by atoms with Crippen LogP contribution in [0.25, 0.3) is 0 Å². The molecule has 0 aliphatic carbocycles. The largest absolute Gasteiger partial charge is 0.368 e. The number of hydrogen-bond donors (Lipinski definition) is 2. The minimum Gasteiger partial charge on any atom is -0.368 e. The van der Waals surface area contributed by atoms with Crippen LogP contribution in [0.3, 0.4) is 0 Å². The number of nitrogens with one attached hydrogen (secondary N) is 1. The highest BCUT2D eigenvalue weighted by atomic mass is 16.1. The Morgan fingerprint density at radius 2 is 1.87 bits per heavy atom. The number of carbonyl (C=O) groups excluding carboxylic acids is 1. The molecule has 3 N–H and O–H groups in total. The molecule has 0 saturated heterocycles. The maximum atomic E-state index is 11.1. The molecule has 0 aliphatic rings. The van der Waals surface area contributed by atoms with E-state index in [1.807, 2.05) is 6.92 Å². The van der Waals surface area contributed by atoms with Crippen molar-refractivity contribution in [3.8, 4) is 0 Å². The average Bonchev–Trinajstić information content (AvgIpc) is 2.21. The van der Waals surface area contributed by atoms with Crippen molar-refractivity contribution in [1.82, 2.24) is 5.32 Å². The Labute approximate surface area is 93.8 Å². The van der Waals surface area contributed by atoms with Gasteiger partial charge in [-0.05, 0) is 19.3 Å². The fourth-order valence-electron chi connectivity index (χ4n) is 1.80. The molecular formula is C12H26N2O. The second-order valence-electron chi connectivity index (χ2n) is 4.16. The van der Waals surface area contributed by atoms with Gasteiger partial charge in [0.15, 0.2) is 0 Å².